The monoisotopic (exact) mass is 448 g/mol. The van der Waals surface area contributed by atoms with Gasteiger partial charge in [0.1, 0.15) is 0 Å². The number of carbonyl (C=O) groups excluding carboxylic acids is 2. The first-order valence-electron chi connectivity index (χ1n) is 7.18. The van der Waals surface area contributed by atoms with Gasteiger partial charge < -0.3 is 14.7 Å². The minimum atomic E-state index is -0.935. The Hall–Kier alpha value is -1.37. The van der Waals surface area contributed by atoms with E-state index in [1.54, 1.807) is 26.4 Å². The van der Waals surface area contributed by atoms with Crippen LogP contribution < -0.4 is 0 Å². The summed E-state index contributed by atoms with van der Waals surface area (Å²) in [6.07, 6.45) is 4.06. The first kappa shape index (κ1) is 35.7. The SMILES string of the molecule is C=C(C)C(=O)O.C=C(C)[C-]=O.C=C(C)[C-]=O.CC(C)(C)CCOO.[O]=[Zr+2]. The predicted octanol–water partition coefficient (Wildman–Crippen LogP) is 3.78. The van der Waals surface area contributed by atoms with E-state index in [1.807, 2.05) is 0 Å². The van der Waals surface area contributed by atoms with Gasteiger partial charge in [-0.05, 0) is 31.3 Å². The van der Waals surface area contributed by atoms with Crippen LogP contribution in [0.15, 0.2) is 36.5 Å². The molecule has 0 unspecified atom stereocenters. The molecule has 0 saturated heterocycles. The van der Waals surface area contributed by atoms with E-state index in [0.29, 0.717) is 42.5 Å². The summed E-state index contributed by atoms with van der Waals surface area (Å²) in [5, 5.41) is 15.8. The van der Waals surface area contributed by atoms with E-state index < -0.39 is 5.97 Å². The molecule has 0 aromatic rings. The van der Waals surface area contributed by atoms with Crippen molar-refractivity contribution in [2.24, 2.45) is 5.41 Å². The van der Waals surface area contributed by atoms with E-state index in [-0.39, 0.29) is 11.0 Å². The van der Waals surface area contributed by atoms with Gasteiger partial charge in [-0.3, -0.25) is 5.26 Å². The molecular formula is C18H30O7Zr. The molecule has 0 aliphatic carbocycles. The Bertz CT molecular complexity index is 394. The second-order valence-electron chi connectivity index (χ2n) is 5.99. The molecule has 148 valence electrons. The summed E-state index contributed by atoms with van der Waals surface area (Å²) in [7, 11) is 0. The molecule has 0 aliphatic rings. The zero-order chi connectivity index (χ0) is 22.3. The number of carbonyl (C=O) groups is 1. The van der Waals surface area contributed by atoms with Gasteiger partial charge in [0.15, 0.2) is 0 Å². The van der Waals surface area contributed by atoms with Crippen LogP contribution in [-0.4, -0.2) is 35.5 Å². The predicted molar refractivity (Wildman–Crippen MR) is 96.8 cm³/mol. The van der Waals surface area contributed by atoms with Crippen LogP contribution in [-0.2, 0) is 46.8 Å². The molecule has 0 spiro atoms. The standard InChI is InChI=1S/C6H14O2.C4H6O2.2C4H5O.O.Zr/c1-6(2,3)4-5-8-7;1-3(2)4(5)6;2*1-4(2)3-5;;/h7H,4-5H2,1-3H3;1H2,2H3,(H,5,6);2*1H2,2H3;;/q;;2*-1;;+2. The van der Waals surface area contributed by atoms with E-state index in [4.69, 9.17) is 13.2 Å². The van der Waals surface area contributed by atoms with Gasteiger partial charge in [-0.1, -0.05) is 41.2 Å². The van der Waals surface area contributed by atoms with Gasteiger partial charge in [-0.25, -0.2) is 22.8 Å². The number of hydrogen-bond donors (Lipinski definition) is 2. The van der Waals surface area contributed by atoms with E-state index >= 15 is 0 Å². The number of rotatable bonds is 5. The molecule has 0 aromatic heterocycles. The Balaban J connectivity index is -0.0000000743. The molecule has 0 aromatic carbocycles. The molecule has 0 radical (unpaired) electrons. The van der Waals surface area contributed by atoms with E-state index in [0.717, 1.165) is 6.42 Å². The van der Waals surface area contributed by atoms with E-state index in [9.17, 15) is 14.4 Å². The molecule has 26 heavy (non-hydrogen) atoms. The number of allylic oxidation sites excluding steroid dienone is 2. The molecule has 7 nitrogen and oxygen atoms in total. The quantitative estimate of drug-likeness (QED) is 0.284. The van der Waals surface area contributed by atoms with Crippen LogP contribution in [0.2, 0.25) is 0 Å². The molecule has 0 atom stereocenters. The van der Waals surface area contributed by atoms with E-state index in [1.165, 1.54) is 6.92 Å². The first-order valence-corrected chi connectivity index (χ1v) is 8.18. The van der Waals surface area contributed by atoms with Crippen molar-refractivity contribution in [2.75, 3.05) is 6.61 Å². The normalized spacial score (nSPS) is 8.19. The molecule has 0 rings (SSSR count). The Morgan fingerprint density at radius 1 is 1.00 bits per heavy atom. The van der Waals surface area contributed by atoms with Crippen molar-refractivity contribution in [1.82, 2.24) is 0 Å². The van der Waals surface area contributed by atoms with Crippen LogP contribution in [0.5, 0.6) is 0 Å². The zero-order valence-corrected chi connectivity index (χ0v) is 18.9. The van der Waals surface area contributed by atoms with Crippen LogP contribution in [0.3, 0.4) is 0 Å². The summed E-state index contributed by atoms with van der Waals surface area (Å²) < 4.78 is 8.34. The molecule has 0 fully saturated rings. The third-order valence-electron chi connectivity index (χ3n) is 1.66. The topological polar surface area (TPSA) is 118 Å². The van der Waals surface area contributed by atoms with Gasteiger partial charge in [-0.15, -0.1) is 0 Å². The zero-order valence-electron chi connectivity index (χ0n) is 16.5. The van der Waals surface area contributed by atoms with Crippen molar-refractivity contribution in [3.05, 3.63) is 36.5 Å². The molecular weight excluding hydrogens is 419 g/mol. The number of hydrogen-bond acceptors (Lipinski definition) is 6. The fourth-order valence-corrected chi connectivity index (χ4v) is 0.352. The van der Waals surface area contributed by atoms with Gasteiger partial charge in [-0.2, -0.15) is 11.1 Å². The van der Waals surface area contributed by atoms with Crippen LogP contribution >= 0.6 is 0 Å². The molecule has 0 heterocycles. The van der Waals surface area contributed by atoms with Crippen molar-refractivity contribution in [3.63, 3.8) is 0 Å². The average molecular weight is 450 g/mol. The maximum atomic E-state index is 9.60. The third-order valence-corrected chi connectivity index (χ3v) is 1.66. The summed E-state index contributed by atoms with van der Waals surface area (Å²) in [6.45, 7) is 21.1. The first-order chi connectivity index (χ1) is 11.7. The fourth-order valence-electron chi connectivity index (χ4n) is 0.352. The number of carboxylic acids is 1. The summed E-state index contributed by atoms with van der Waals surface area (Å²) in [5.74, 6) is -0.935. The summed E-state index contributed by atoms with van der Waals surface area (Å²) in [4.78, 5) is 32.1. The minimum absolute atomic E-state index is 0.176. The van der Waals surface area contributed by atoms with Gasteiger partial charge >= 0.3 is 33.5 Å². The Kier molecular flexibility index (Phi) is 35.5. The Morgan fingerprint density at radius 2 is 1.23 bits per heavy atom. The van der Waals surface area contributed by atoms with Crippen LogP contribution in [0.25, 0.3) is 0 Å². The average Bonchev–Trinajstić information content (AvgIpc) is 2.55. The van der Waals surface area contributed by atoms with Crippen LogP contribution in [0, 0.1) is 5.41 Å². The van der Waals surface area contributed by atoms with Crippen LogP contribution in [0.1, 0.15) is 48.0 Å². The van der Waals surface area contributed by atoms with Crippen molar-refractivity contribution >= 4 is 18.5 Å². The van der Waals surface area contributed by atoms with Crippen LogP contribution in [0.4, 0.5) is 0 Å². The number of carboxylic acid groups (broad SMARTS) is 1. The molecule has 0 saturated carbocycles. The molecule has 0 bridgehead atoms. The molecule has 2 N–H and O–H groups in total. The van der Waals surface area contributed by atoms with Crippen molar-refractivity contribution in [3.8, 4) is 0 Å². The Morgan fingerprint density at radius 3 is 1.27 bits per heavy atom. The molecule has 0 aliphatic heterocycles. The second-order valence-corrected chi connectivity index (χ2v) is 5.99. The summed E-state index contributed by atoms with van der Waals surface area (Å²) >= 11 is 0.300. The van der Waals surface area contributed by atoms with Gasteiger partial charge in [0, 0.05) is 5.57 Å². The summed E-state index contributed by atoms with van der Waals surface area (Å²) in [5.41, 5.74) is 1.34. The van der Waals surface area contributed by atoms with Crippen molar-refractivity contribution in [1.29, 1.82) is 0 Å². The molecule has 8 heteroatoms. The van der Waals surface area contributed by atoms with Gasteiger partial charge in [0.25, 0.3) is 0 Å². The third kappa shape index (κ3) is 78.3. The number of aliphatic carboxylic acids is 1. The fraction of sp³-hybridized carbons (Fsp3) is 0.500. The van der Waals surface area contributed by atoms with Gasteiger partial charge in [0.05, 0.1) is 6.61 Å². The van der Waals surface area contributed by atoms with E-state index in [2.05, 4.69) is 45.4 Å². The van der Waals surface area contributed by atoms with Gasteiger partial charge in [0.2, 0.25) is 0 Å². The maximum absolute atomic E-state index is 9.60. The summed E-state index contributed by atoms with van der Waals surface area (Å²) in [6, 6.07) is 0. The van der Waals surface area contributed by atoms with Crippen molar-refractivity contribution < 1.29 is 57.2 Å². The molecule has 0 amide bonds. The second kappa shape index (κ2) is 25.9. The Labute approximate surface area is 172 Å². The van der Waals surface area contributed by atoms with Crippen molar-refractivity contribution in [2.45, 2.75) is 48.0 Å².